The van der Waals surface area contributed by atoms with Gasteiger partial charge in [0.25, 0.3) is 0 Å². The van der Waals surface area contributed by atoms with Gasteiger partial charge in [-0.25, -0.2) is 0 Å². The molecule has 0 fully saturated rings. The maximum atomic E-state index is 7.75. The molecule has 0 amide bonds. The third-order valence-electron chi connectivity index (χ3n) is 0.655. The molecule has 1 rings (SSSR count). The second-order valence-electron chi connectivity index (χ2n) is 1.09. The second kappa shape index (κ2) is 31.9. The number of halogens is 1. The van der Waals surface area contributed by atoms with E-state index < -0.39 is 0 Å². The van der Waals surface area contributed by atoms with E-state index in [-0.39, 0.29) is 41.0 Å². The standard InChI is InChI=1S/C5H6.2CHO.Fe.HI/c1-2-4-5-3-1;2*1-2;;/h1-4H,5H2;2*1H;;1H/q;2*+1;;/p-1. The van der Waals surface area contributed by atoms with Crippen molar-refractivity contribution >= 4 is 0 Å². The summed E-state index contributed by atoms with van der Waals surface area (Å²) in [4.78, 5) is 0. The molecule has 62 valence electrons. The van der Waals surface area contributed by atoms with Gasteiger partial charge in [-0.2, -0.15) is 0 Å². The number of hydrogen-bond acceptors (Lipinski definition) is 0. The van der Waals surface area contributed by atoms with Crippen LogP contribution in [0.4, 0.5) is 0 Å². The van der Waals surface area contributed by atoms with Crippen LogP contribution in [0.2, 0.25) is 0 Å². The molecule has 0 spiro atoms. The minimum absolute atomic E-state index is 0. The second-order valence-corrected chi connectivity index (χ2v) is 1.09. The van der Waals surface area contributed by atoms with Crippen LogP contribution in [0.25, 0.3) is 0 Å². The topological polar surface area (TPSA) is 39.8 Å². The van der Waals surface area contributed by atoms with Crippen molar-refractivity contribution in [2.75, 3.05) is 0 Å². The molecule has 0 aliphatic heterocycles. The van der Waals surface area contributed by atoms with E-state index >= 15 is 0 Å². The summed E-state index contributed by atoms with van der Waals surface area (Å²) >= 11 is 0. The van der Waals surface area contributed by atoms with Gasteiger partial charge in [-0.05, 0) is 6.42 Å². The van der Waals surface area contributed by atoms with Crippen LogP contribution in [-0.4, -0.2) is 0 Å². The average Bonchev–Trinajstić information content (AvgIpc) is 2.51. The maximum absolute atomic E-state index is 7.75. The van der Waals surface area contributed by atoms with E-state index in [0.717, 1.165) is 6.42 Å². The van der Waals surface area contributed by atoms with Crippen molar-refractivity contribution in [2.45, 2.75) is 6.42 Å². The van der Waals surface area contributed by atoms with E-state index in [2.05, 4.69) is 37.6 Å². The van der Waals surface area contributed by atoms with Gasteiger partial charge in [-0.3, -0.25) is 0 Å². The monoisotopic (exact) mass is 307 g/mol. The molecule has 2 nitrogen and oxygen atoms in total. The van der Waals surface area contributed by atoms with Crippen molar-refractivity contribution in [1.82, 2.24) is 0 Å². The molecular formula is C7H8FeIO2+. The van der Waals surface area contributed by atoms with Gasteiger partial charge in [-0.15, -0.1) is 0 Å². The largest absolute Gasteiger partial charge is 1.00 e. The van der Waals surface area contributed by atoms with Crippen LogP contribution in [0.5, 0.6) is 0 Å². The molecule has 0 atom stereocenters. The Kier molecular flexibility index (Phi) is 65.2. The maximum Gasteiger partial charge on any atom is 0 e. The molecule has 0 aromatic carbocycles. The first-order chi connectivity index (χ1) is 4.50. The first-order valence-corrected chi connectivity index (χ1v) is 2.29. The predicted octanol–water partition coefficient (Wildman–Crippen LogP) is -1.48. The summed E-state index contributed by atoms with van der Waals surface area (Å²) in [5, 5.41) is 0. The fourth-order valence-electron chi connectivity index (χ4n) is 0.393. The van der Waals surface area contributed by atoms with Gasteiger partial charge in [0.2, 0.25) is 0 Å². The molecule has 4 heteroatoms. The summed E-state index contributed by atoms with van der Waals surface area (Å²) in [6, 6.07) is 0. The molecule has 11 heavy (non-hydrogen) atoms. The van der Waals surface area contributed by atoms with Gasteiger partial charge in [0, 0.05) is 17.1 Å². The molecule has 0 heterocycles. The van der Waals surface area contributed by atoms with E-state index in [4.69, 9.17) is 9.30 Å². The predicted molar refractivity (Wildman–Crippen MR) is 34.2 cm³/mol. The smallest absolute Gasteiger partial charge is 0 e. The van der Waals surface area contributed by atoms with Crippen molar-refractivity contribution in [3.63, 3.8) is 0 Å². The van der Waals surface area contributed by atoms with Gasteiger partial charge >= 0.3 is 22.6 Å². The Morgan fingerprint density at radius 1 is 0.909 bits per heavy atom. The summed E-state index contributed by atoms with van der Waals surface area (Å²) in [6.07, 6.45) is 9.50. The Morgan fingerprint density at radius 2 is 1.18 bits per heavy atom. The van der Waals surface area contributed by atoms with Gasteiger partial charge in [-0.1, -0.05) is 24.3 Å². The number of hydrogen-bond donors (Lipinski definition) is 0. The van der Waals surface area contributed by atoms with E-state index in [0.29, 0.717) is 0 Å². The zero-order chi connectivity index (χ0) is 7.54. The molecular weight excluding hydrogens is 299 g/mol. The summed E-state index contributed by atoms with van der Waals surface area (Å²) < 4.78 is 15.5. The molecule has 0 aromatic rings. The molecule has 1 aliphatic rings. The molecule has 1 aliphatic carbocycles. The van der Waals surface area contributed by atoms with Crippen molar-refractivity contribution < 1.29 is 50.3 Å². The Labute approximate surface area is 94.1 Å². The Balaban J connectivity index is -0.0000000369. The molecule has 0 saturated heterocycles. The minimum atomic E-state index is 0. The molecule has 0 unspecified atom stereocenters. The Morgan fingerprint density at radius 3 is 1.27 bits per heavy atom. The minimum Gasteiger partial charge on any atom is -1.00 e. The van der Waals surface area contributed by atoms with Crippen LogP contribution >= 0.6 is 0 Å². The fourth-order valence-corrected chi connectivity index (χ4v) is 0.393. The first-order valence-electron chi connectivity index (χ1n) is 2.29. The third-order valence-corrected chi connectivity index (χ3v) is 0.655. The fraction of sp³-hybridized carbons (Fsp3) is 0.143. The first kappa shape index (κ1) is 22.5. The van der Waals surface area contributed by atoms with Crippen LogP contribution in [0, 0.1) is 13.3 Å². The van der Waals surface area contributed by atoms with Crippen LogP contribution < -0.4 is 24.0 Å². The molecule has 0 radical (unpaired) electrons. The SMILES string of the molecule is C#[O+].C#[O+].C1=CCC=C1.[Fe].[I-]. The van der Waals surface area contributed by atoms with E-state index in [9.17, 15) is 0 Å². The van der Waals surface area contributed by atoms with Gasteiger partial charge in [0.15, 0.2) is 0 Å². The van der Waals surface area contributed by atoms with Crippen molar-refractivity contribution in [3.8, 4) is 13.3 Å². The normalized spacial score (nSPS) is 8.36. The van der Waals surface area contributed by atoms with Crippen LogP contribution in [0.1, 0.15) is 6.42 Å². The van der Waals surface area contributed by atoms with Crippen LogP contribution in [-0.2, 0) is 26.4 Å². The van der Waals surface area contributed by atoms with Crippen LogP contribution in [0.15, 0.2) is 24.3 Å². The van der Waals surface area contributed by atoms with E-state index in [1.54, 1.807) is 0 Å². The van der Waals surface area contributed by atoms with Crippen molar-refractivity contribution in [3.05, 3.63) is 24.3 Å². The third kappa shape index (κ3) is 25.4. The molecule has 0 N–H and O–H groups in total. The zero-order valence-electron chi connectivity index (χ0n) is 5.72. The molecule has 0 bridgehead atoms. The summed E-state index contributed by atoms with van der Waals surface area (Å²) in [5.41, 5.74) is 0. The van der Waals surface area contributed by atoms with E-state index in [1.807, 2.05) is 0 Å². The Bertz CT molecular complexity index is 122. The summed E-state index contributed by atoms with van der Waals surface area (Å²) in [6.45, 7) is 6.50. The average molecular weight is 307 g/mol. The van der Waals surface area contributed by atoms with Gasteiger partial charge < -0.3 is 24.0 Å². The van der Waals surface area contributed by atoms with Crippen molar-refractivity contribution in [2.24, 2.45) is 0 Å². The number of allylic oxidation sites excluding steroid dienone is 4. The summed E-state index contributed by atoms with van der Waals surface area (Å²) in [5.74, 6) is 0. The summed E-state index contributed by atoms with van der Waals surface area (Å²) in [7, 11) is 0. The quantitative estimate of drug-likeness (QED) is 0.297. The zero-order valence-corrected chi connectivity index (χ0v) is 8.98. The van der Waals surface area contributed by atoms with Gasteiger partial charge in [0.05, 0.1) is 0 Å². The van der Waals surface area contributed by atoms with Crippen LogP contribution in [0.3, 0.4) is 0 Å². The Hall–Kier alpha value is 0.209. The number of rotatable bonds is 0. The van der Waals surface area contributed by atoms with E-state index in [1.165, 1.54) is 0 Å². The molecule has 0 aromatic heterocycles. The van der Waals surface area contributed by atoms with Gasteiger partial charge in [0.1, 0.15) is 0 Å². The molecule has 0 saturated carbocycles. The van der Waals surface area contributed by atoms with Crippen molar-refractivity contribution in [1.29, 1.82) is 0 Å².